The number of anilines is 1. The van der Waals surface area contributed by atoms with Crippen molar-refractivity contribution in [1.29, 1.82) is 0 Å². The van der Waals surface area contributed by atoms with Crippen LogP contribution in [0.15, 0.2) is 53.9 Å². The Morgan fingerprint density at radius 3 is 2.56 bits per heavy atom. The van der Waals surface area contributed by atoms with Gasteiger partial charge in [-0.15, -0.1) is 11.3 Å². The maximum atomic E-state index is 12.2. The number of amides is 1. The Morgan fingerprint density at radius 2 is 1.81 bits per heavy atom. The van der Waals surface area contributed by atoms with E-state index < -0.39 is 0 Å². The number of thiazole rings is 1. The number of aryl methyl sites for hydroxylation is 2. The highest BCUT2D eigenvalue weighted by Gasteiger charge is 2.12. The Balaban J connectivity index is 1.52. The van der Waals surface area contributed by atoms with Gasteiger partial charge in [-0.05, 0) is 31.5 Å². The zero-order chi connectivity index (χ0) is 19.2. The molecule has 2 aromatic carbocycles. The second kappa shape index (κ2) is 8.93. The molecule has 1 aromatic heterocycles. The molecule has 27 heavy (non-hydrogen) atoms. The van der Waals surface area contributed by atoms with Crippen molar-refractivity contribution < 1.29 is 9.69 Å². The van der Waals surface area contributed by atoms with Gasteiger partial charge in [0.25, 0.3) is 0 Å². The van der Waals surface area contributed by atoms with Crippen molar-refractivity contribution in [2.75, 3.05) is 12.4 Å². The predicted molar refractivity (Wildman–Crippen MR) is 111 cm³/mol. The summed E-state index contributed by atoms with van der Waals surface area (Å²) in [4.78, 5) is 18.3. The Kier molecular flexibility index (Phi) is 6.37. The Labute approximate surface area is 164 Å². The normalized spacial score (nSPS) is 12.0. The molecule has 1 atom stereocenters. The average Bonchev–Trinajstić information content (AvgIpc) is 3.05. The number of carbonyl (C=O) groups excluding carboxylic acids is 1. The Morgan fingerprint density at radius 1 is 1.07 bits per heavy atom. The molecule has 0 aliphatic carbocycles. The van der Waals surface area contributed by atoms with Gasteiger partial charge in [0.1, 0.15) is 23.8 Å². The van der Waals surface area contributed by atoms with Crippen molar-refractivity contribution in [3.63, 3.8) is 0 Å². The third-order valence-electron chi connectivity index (χ3n) is 4.48. The zero-order valence-electron chi connectivity index (χ0n) is 16.1. The monoisotopic (exact) mass is 380 g/mol. The molecule has 0 bridgehead atoms. The number of nitrogens with one attached hydrogen (secondary N) is 2. The van der Waals surface area contributed by atoms with Crippen LogP contribution in [0.4, 0.5) is 5.69 Å². The highest BCUT2D eigenvalue weighted by molar-refractivity contribution is 7.09. The highest BCUT2D eigenvalue weighted by atomic mass is 32.1. The second-order valence-electron chi connectivity index (χ2n) is 7.06. The van der Waals surface area contributed by atoms with Gasteiger partial charge in [-0.25, -0.2) is 4.98 Å². The lowest BCUT2D eigenvalue weighted by Gasteiger charge is -2.14. The van der Waals surface area contributed by atoms with Crippen LogP contribution in [-0.4, -0.2) is 17.9 Å². The van der Waals surface area contributed by atoms with Gasteiger partial charge in [-0.3, -0.25) is 4.79 Å². The summed E-state index contributed by atoms with van der Waals surface area (Å²) in [6.07, 6.45) is 0.315. The molecule has 0 radical (unpaired) electrons. The van der Waals surface area contributed by atoms with Crippen molar-refractivity contribution in [2.45, 2.75) is 33.4 Å². The summed E-state index contributed by atoms with van der Waals surface area (Å²) in [7, 11) is 2.18. The van der Waals surface area contributed by atoms with Crippen LogP contribution in [-0.2, 0) is 24.3 Å². The molecule has 4 nitrogen and oxygen atoms in total. The molecule has 0 saturated carbocycles. The van der Waals surface area contributed by atoms with Gasteiger partial charge in [0.15, 0.2) is 0 Å². The molecule has 2 N–H and O–H groups in total. The number of hydrogen-bond acceptors (Lipinski definition) is 3. The number of quaternary nitrogens is 1. The van der Waals surface area contributed by atoms with E-state index in [-0.39, 0.29) is 5.91 Å². The minimum atomic E-state index is -0.0274. The fraction of sp³-hybridized carbons (Fsp3) is 0.273. The first kappa shape index (κ1) is 19.3. The van der Waals surface area contributed by atoms with Crippen LogP contribution in [0.3, 0.4) is 0 Å². The zero-order valence-corrected chi connectivity index (χ0v) is 16.9. The summed E-state index contributed by atoms with van der Waals surface area (Å²) in [5, 5.41) is 5.85. The molecular formula is C22H26N3OS+. The van der Waals surface area contributed by atoms with E-state index in [2.05, 4.69) is 53.9 Å². The quantitative estimate of drug-likeness (QED) is 0.661. The van der Waals surface area contributed by atoms with Crippen LogP contribution in [0.1, 0.15) is 27.4 Å². The summed E-state index contributed by atoms with van der Waals surface area (Å²) < 4.78 is 0. The van der Waals surface area contributed by atoms with E-state index in [9.17, 15) is 4.79 Å². The lowest BCUT2D eigenvalue weighted by Crippen LogP contribution is -3.06. The average molecular weight is 381 g/mol. The predicted octanol–water partition coefficient (Wildman–Crippen LogP) is 3.16. The molecule has 140 valence electrons. The van der Waals surface area contributed by atoms with Crippen molar-refractivity contribution in [1.82, 2.24) is 4.98 Å². The number of hydrogen-bond donors (Lipinski definition) is 2. The van der Waals surface area contributed by atoms with Gasteiger partial charge in [-0.1, -0.05) is 42.0 Å². The third-order valence-corrected chi connectivity index (χ3v) is 5.38. The number of aromatic nitrogens is 1. The topological polar surface area (TPSA) is 46.4 Å². The standard InChI is InChI=1S/C22H25N3OS/c1-16-8-10-19(11-9-16)23-21(26)12-22-24-20(15-27-22)14-25(3)13-18-7-5-4-6-17(18)2/h4-11,15H,12-14H2,1-3H3,(H,23,26)/p+1. The molecule has 0 aliphatic heterocycles. The van der Waals surface area contributed by atoms with Crippen molar-refractivity contribution >= 4 is 22.9 Å². The summed E-state index contributed by atoms with van der Waals surface area (Å²) in [5.74, 6) is -0.0274. The summed E-state index contributed by atoms with van der Waals surface area (Å²) >= 11 is 1.56. The van der Waals surface area contributed by atoms with Gasteiger partial charge >= 0.3 is 0 Å². The Bertz CT molecular complexity index is 902. The summed E-state index contributed by atoms with van der Waals surface area (Å²) in [6.45, 7) is 5.99. The molecule has 0 spiro atoms. The summed E-state index contributed by atoms with van der Waals surface area (Å²) in [6, 6.07) is 16.3. The number of nitrogens with zero attached hydrogens (tertiary/aromatic N) is 1. The van der Waals surface area contributed by atoms with Crippen LogP contribution in [0, 0.1) is 13.8 Å². The molecule has 0 saturated heterocycles. The molecule has 1 amide bonds. The number of carbonyl (C=O) groups is 1. The van der Waals surface area contributed by atoms with Gasteiger partial charge in [0, 0.05) is 16.6 Å². The fourth-order valence-corrected chi connectivity index (χ4v) is 3.79. The van der Waals surface area contributed by atoms with Crippen molar-refractivity contribution in [3.05, 3.63) is 81.3 Å². The maximum Gasteiger partial charge on any atom is 0.231 e. The van der Waals surface area contributed by atoms with Crippen LogP contribution < -0.4 is 10.2 Å². The third kappa shape index (κ3) is 5.74. The van der Waals surface area contributed by atoms with E-state index in [0.29, 0.717) is 6.42 Å². The summed E-state index contributed by atoms with van der Waals surface area (Å²) in [5.41, 5.74) is 5.73. The highest BCUT2D eigenvalue weighted by Crippen LogP contribution is 2.13. The minimum absolute atomic E-state index is 0.0274. The van der Waals surface area contributed by atoms with Crippen LogP contribution >= 0.6 is 11.3 Å². The molecule has 5 heteroatoms. The molecular weight excluding hydrogens is 354 g/mol. The first-order valence-electron chi connectivity index (χ1n) is 9.15. The van der Waals surface area contributed by atoms with Crippen LogP contribution in [0.25, 0.3) is 0 Å². The van der Waals surface area contributed by atoms with Crippen molar-refractivity contribution in [3.8, 4) is 0 Å². The van der Waals surface area contributed by atoms with Crippen LogP contribution in [0.2, 0.25) is 0 Å². The van der Waals surface area contributed by atoms with E-state index in [4.69, 9.17) is 0 Å². The van der Waals surface area contributed by atoms with E-state index >= 15 is 0 Å². The van der Waals surface area contributed by atoms with Gasteiger partial charge in [0.05, 0.1) is 13.5 Å². The lowest BCUT2D eigenvalue weighted by atomic mass is 10.1. The van der Waals surface area contributed by atoms with Crippen LogP contribution in [0.5, 0.6) is 0 Å². The van der Waals surface area contributed by atoms with E-state index in [1.807, 2.05) is 31.2 Å². The molecule has 0 aliphatic rings. The molecule has 1 heterocycles. The molecule has 1 unspecified atom stereocenters. The number of benzene rings is 2. The lowest BCUT2D eigenvalue weighted by molar-refractivity contribution is -0.908. The van der Waals surface area contributed by atoms with E-state index in [1.165, 1.54) is 21.6 Å². The molecule has 0 fully saturated rings. The van der Waals surface area contributed by atoms with E-state index in [1.54, 1.807) is 11.3 Å². The van der Waals surface area contributed by atoms with Crippen molar-refractivity contribution in [2.24, 2.45) is 0 Å². The maximum absolute atomic E-state index is 12.2. The SMILES string of the molecule is Cc1ccc(NC(=O)Cc2nc(C[NH+](C)Cc3ccccc3C)cs2)cc1. The smallest absolute Gasteiger partial charge is 0.231 e. The first-order valence-corrected chi connectivity index (χ1v) is 10.0. The first-order chi connectivity index (χ1) is 13.0. The number of rotatable bonds is 7. The van der Waals surface area contributed by atoms with Gasteiger partial charge in [0.2, 0.25) is 5.91 Å². The Hall–Kier alpha value is -2.50. The van der Waals surface area contributed by atoms with E-state index in [0.717, 1.165) is 29.5 Å². The molecule has 3 rings (SSSR count). The second-order valence-corrected chi connectivity index (χ2v) is 8.00. The largest absolute Gasteiger partial charge is 0.329 e. The van der Waals surface area contributed by atoms with Gasteiger partial charge < -0.3 is 10.2 Å². The minimum Gasteiger partial charge on any atom is -0.329 e. The van der Waals surface area contributed by atoms with Gasteiger partial charge in [-0.2, -0.15) is 0 Å². The molecule has 3 aromatic rings. The fourth-order valence-electron chi connectivity index (χ4n) is 3.00.